The maximum atomic E-state index is 5.43. The van der Waals surface area contributed by atoms with E-state index < -0.39 is 0 Å². The minimum atomic E-state index is 0.367. The Morgan fingerprint density at radius 1 is 1.57 bits per heavy atom. The van der Waals surface area contributed by atoms with Crippen LogP contribution in [-0.4, -0.2) is 14.9 Å². The van der Waals surface area contributed by atoms with Crippen molar-refractivity contribution in [1.29, 1.82) is 0 Å². The molecular weight excluding hydrogens is 180 g/mol. The van der Waals surface area contributed by atoms with Gasteiger partial charge in [-0.15, -0.1) is 0 Å². The topological polar surface area (TPSA) is 69.9 Å². The van der Waals surface area contributed by atoms with Gasteiger partial charge in [0.15, 0.2) is 5.76 Å². The Morgan fingerprint density at radius 3 is 2.86 bits per heavy atom. The predicted molar refractivity (Wildman–Crippen MR) is 51.3 cm³/mol. The van der Waals surface area contributed by atoms with Crippen LogP contribution in [0.1, 0.15) is 11.5 Å². The molecule has 0 fully saturated rings. The predicted octanol–water partition coefficient (Wildman–Crippen LogP) is 0.842. The van der Waals surface area contributed by atoms with Crippen LogP contribution in [0, 0.1) is 6.92 Å². The summed E-state index contributed by atoms with van der Waals surface area (Å²) in [6.07, 6.45) is 1.91. The molecule has 0 aliphatic rings. The first-order valence-corrected chi connectivity index (χ1v) is 4.37. The molecule has 2 rings (SSSR count). The first-order valence-electron chi connectivity index (χ1n) is 4.37. The Kier molecular flexibility index (Phi) is 2.09. The second-order valence-electron chi connectivity index (χ2n) is 3.18. The molecule has 0 aromatic carbocycles. The van der Waals surface area contributed by atoms with Crippen LogP contribution in [0.3, 0.4) is 0 Å². The molecule has 2 aromatic heterocycles. The molecule has 2 heterocycles. The van der Waals surface area contributed by atoms with E-state index >= 15 is 0 Å². The summed E-state index contributed by atoms with van der Waals surface area (Å²) in [6, 6.07) is 1.84. The van der Waals surface area contributed by atoms with Crippen molar-refractivity contribution in [3.05, 3.63) is 23.7 Å². The Hall–Kier alpha value is -1.62. The van der Waals surface area contributed by atoms with Gasteiger partial charge in [0.2, 0.25) is 0 Å². The van der Waals surface area contributed by atoms with Gasteiger partial charge < -0.3 is 10.3 Å². The number of aryl methyl sites for hydroxylation is 2. The van der Waals surface area contributed by atoms with Gasteiger partial charge in [-0.2, -0.15) is 5.10 Å². The highest BCUT2D eigenvalue weighted by Gasteiger charge is 2.10. The molecule has 14 heavy (non-hydrogen) atoms. The van der Waals surface area contributed by atoms with E-state index in [1.54, 1.807) is 4.68 Å². The van der Waals surface area contributed by atoms with Crippen molar-refractivity contribution in [2.24, 2.45) is 12.8 Å². The van der Waals surface area contributed by atoms with Gasteiger partial charge in [-0.05, 0) is 6.92 Å². The van der Waals surface area contributed by atoms with Crippen LogP contribution in [0.5, 0.6) is 0 Å². The normalized spacial score (nSPS) is 10.8. The van der Waals surface area contributed by atoms with Crippen LogP contribution in [0.15, 0.2) is 16.8 Å². The minimum absolute atomic E-state index is 0.367. The first kappa shape index (κ1) is 8.96. The van der Waals surface area contributed by atoms with E-state index in [1.807, 2.05) is 26.2 Å². The molecule has 2 aromatic rings. The SMILES string of the molecule is Cc1nn(C)cc1-c1cc(CN)on1. The molecule has 0 saturated heterocycles. The van der Waals surface area contributed by atoms with Gasteiger partial charge in [0, 0.05) is 24.9 Å². The Bertz CT molecular complexity index is 443. The lowest BCUT2D eigenvalue weighted by atomic mass is 10.2. The number of hydrogen-bond donors (Lipinski definition) is 1. The molecule has 5 nitrogen and oxygen atoms in total. The third-order valence-corrected chi connectivity index (χ3v) is 2.05. The zero-order valence-corrected chi connectivity index (χ0v) is 8.19. The van der Waals surface area contributed by atoms with Crippen LogP contribution in [0.4, 0.5) is 0 Å². The highest BCUT2D eigenvalue weighted by Crippen LogP contribution is 2.21. The number of nitrogens with zero attached hydrogens (tertiary/aromatic N) is 3. The zero-order chi connectivity index (χ0) is 10.1. The van der Waals surface area contributed by atoms with Crippen molar-refractivity contribution in [2.75, 3.05) is 0 Å². The summed E-state index contributed by atoms with van der Waals surface area (Å²) in [5, 5.41) is 8.15. The fourth-order valence-corrected chi connectivity index (χ4v) is 1.39. The third kappa shape index (κ3) is 1.42. The lowest BCUT2D eigenvalue weighted by molar-refractivity contribution is 0.387. The van der Waals surface area contributed by atoms with Crippen LogP contribution >= 0.6 is 0 Å². The van der Waals surface area contributed by atoms with Gasteiger partial charge in [0.25, 0.3) is 0 Å². The quantitative estimate of drug-likeness (QED) is 0.765. The van der Waals surface area contributed by atoms with Gasteiger partial charge in [-0.1, -0.05) is 5.16 Å². The Balaban J connectivity index is 2.43. The highest BCUT2D eigenvalue weighted by atomic mass is 16.5. The third-order valence-electron chi connectivity index (χ3n) is 2.05. The number of rotatable bonds is 2. The fraction of sp³-hybridized carbons (Fsp3) is 0.333. The van der Waals surface area contributed by atoms with Crippen LogP contribution in [0.2, 0.25) is 0 Å². The van der Waals surface area contributed by atoms with E-state index in [0.29, 0.717) is 12.3 Å². The molecule has 0 bridgehead atoms. The minimum Gasteiger partial charge on any atom is -0.359 e. The summed E-state index contributed by atoms with van der Waals surface area (Å²) in [5.41, 5.74) is 8.13. The summed E-state index contributed by atoms with van der Waals surface area (Å²) < 4.78 is 6.77. The molecule has 0 aliphatic heterocycles. The smallest absolute Gasteiger partial charge is 0.150 e. The van der Waals surface area contributed by atoms with Crippen LogP contribution in [-0.2, 0) is 13.6 Å². The fourth-order valence-electron chi connectivity index (χ4n) is 1.39. The van der Waals surface area contributed by atoms with E-state index in [2.05, 4.69) is 10.3 Å². The molecule has 0 atom stereocenters. The van der Waals surface area contributed by atoms with E-state index in [9.17, 15) is 0 Å². The molecule has 5 heteroatoms. The molecular formula is C9H12N4O. The highest BCUT2D eigenvalue weighted by molar-refractivity contribution is 5.60. The van der Waals surface area contributed by atoms with Gasteiger partial charge in [-0.25, -0.2) is 0 Å². The van der Waals surface area contributed by atoms with Gasteiger partial charge in [-0.3, -0.25) is 4.68 Å². The molecule has 74 valence electrons. The first-order chi connectivity index (χ1) is 6.70. The Labute approximate surface area is 81.5 Å². The van der Waals surface area contributed by atoms with Crippen molar-refractivity contribution >= 4 is 0 Å². The lowest BCUT2D eigenvalue weighted by Crippen LogP contribution is -1.92. The molecule has 0 radical (unpaired) electrons. The summed E-state index contributed by atoms with van der Waals surface area (Å²) in [7, 11) is 1.88. The second-order valence-corrected chi connectivity index (χ2v) is 3.18. The van der Waals surface area contributed by atoms with Gasteiger partial charge in [0.1, 0.15) is 5.69 Å². The zero-order valence-electron chi connectivity index (χ0n) is 8.19. The maximum absolute atomic E-state index is 5.43. The van der Waals surface area contributed by atoms with Crippen molar-refractivity contribution in [2.45, 2.75) is 13.5 Å². The summed E-state index contributed by atoms with van der Waals surface area (Å²) in [6.45, 7) is 2.30. The molecule has 0 unspecified atom stereocenters. The summed E-state index contributed by atoms with van der Waals surface area (Å²) in [5.74, 6) is 0.684. The van der Waals surface area contributed by atoms with E-state index in [4.69, 9.17) is 10.3 Å². The van der Waals surface area contributed by atoms with Gasteiger partial charge >= 0.3 is 0 Å². The molecule has 0 aliphatic carbocycles. The van der Waals surface area contributed by atoms with Gasteiger partial charge in [0.05, 0.1) is 12.2 Å². The van der Waals surface area contributed by atoms with Crippen molar-refractivity contribution < 1.29 is 4.52 Å². The standard InChI is InChI=1S/C9H12N4O/c1-6-8(5-13(2)11-6)9-3-7(4-10)14-12-9/h3,5H,4,10H2,1-2H3. The lowest BCUT2D eigenvalue weighted by Gasteiger charge is -1.87. The number of aromatic nitrogens is 3. The van der Waals surface area contributed by atoms with Crippen molar-refractivity contribution in [3.8, 4) is 11.3 Å². The summed E-state index contributed by atoms with van der Waals surface area (Å²) in [4.78, 5) is 0. The van der Waals surface area contributed by atoms with E-state index in [-0.39, 0.29) is 0 Å². The number of nitrogens with two attached hydrogens (primary N) is 1. The van der Waals surface area contributed by atoms with E-state index in [1.165, 1.54) is 0 Å². The monoisotopic (exact) mass is 192 g/mol. The average Bonchev–Trinajstić information content (AvgIpc) is 2.71. The maximum Gasteiger partial charge on any atom is 0.150 e. The molecule has 0 spiro atoms. The largest absolute Gasteiger partial charge is 0.359 e. The Morgan fingerprint density at radius 2 is 2.36 bits per heavy atom. The van der Waals surface area contributed by atoms with Crippen molar-refractivity contribution in [1.82, 2.24) is 14.9 Å². The summed E-state index contributed by atoms with van der Waals surface area (Å²) >= 11 is 0. The van der Waals surface area contributed by atoms with Crippen LogP contribution < -0.4 is 5.73 Å². The van der Waals surface area contributed by atoms with Crippen LogP contribution in [0.25, 0.3) is 11.3 Å². The van der Waals surface area contributed by atoms with Crippen molar-refractivity contribution in [3.63, 3.8) is 0 Å². The molecule has 0 amide bonds. The molecule has 2 N–H and O–H groups in total. The van der Waals surface area contributed by atoms with E-state index in [0.717, 1.165) is 17.0 Å². The second kappa shape index (κ2) is 3.26. The molecule has 0 saturated carbocycles. The number of hydrogen-bond acceptors (Lipinski definition) is 4. The average molecular weight is 192 g/mol.